The van der Waals surface area contributed by atoms with Crippen LogP contribution < -0.4 is 0 Å². The number of carbonyl (C=O) groups is 1. The highest BCUT2D eigenvalue weighted by atomic mass is 16.7. The molecule has 73 heavy (non-hydrogen) atoms. The molecule has 0 aromatic carbocycles. The number of rotatable bonds is 40. The van der Waals surface area contributed by atoms with Crippen molar-refractivity contribution in [1.82, 2.24) is 0 Å². The predicted molar refractivity (Wildman–Crippen MR) is 288 cm³/mol. The fraction of sp³-hybridized carbons (Fsp3) is 0.610. The van der Waals surface area contributed by atoms with Crippen LogP contribution >= 0.6 is 0 Å². The molecule has 0 amide bonds. The van der Waals surface area contributed by atoms with Crippen molar-refractivity contribution in [2.24, 2.45) is 0 Å². The second-order valence-electron chi connectivity index (χ2n) is 17.9. The van der Waals surface area contributed by atoms with Gasteiger partial charge < -0.3 is 64.2 Å². The van der Waals surface area contributed by atoms with Crippen LogP contribution in [0, 0.1) is 0 Å². The Kier molecular flexibility index (Phi) is 39.7. The van der Waals surface area contributed by atoms with Gasteiger partial charge in [0.1, 0.15) is 54.9 Å². The molecule has 2 heterocycles. The first-order valence-electron chi connectivity index (χ1n) is 26.8. The maximum Gasteiger partial charge on any atom is 0.310 e. The lowest BCUT2D eigenvalue weighted by atomic mass is 9.98. The molecule has 0 spiro atoms. The summed E-state index contributed by atoms with van der Waals surface area (Å²) in [5.41, 5.74) is 0. The van der Waals surface area contributed by atoms with E-state index in [1.807, 2.05) is 12.2 Å². The standard InChI is InChI=1S/C59H92O14/c1-3-5-7-9-11-13-15-17-19-20-21-22-23-24-25-26-27-29-31-33-35-37-39-41-43-68-45-48(71-51(61)42-40-38-36-34-32-30-28-18-16-14-12-10-8-6-4-2)46-69-58-57(67)55(65)53(63)50(73-58)47-70-59-56(66)54(64)52(62)49(44-60)72-59/h5-8,11-14,17-19,21-22,24-25,27-29,32,34,38,40,48-50,52-60,62-67H,3-4,9-10,15-16,20,23,26,30-31,33,35-37,39,41-47H2,1-2H3/b7-5-,8-6-,13-11-,14-12-,19-17-,22-21-,25-24-,28-18-,29-27-,34-32-,40-38-. The molecule has 412 valence electrons. The zero-order valence-electron chi connectivity index (χ0n) is 43.8. The van der Waals surface area contributed by atoms with Gasteiger partial charge in [0.05, 0.1) is 32.8 Å². The van der Waals surface area contributed by atoms with Crippen molar-refractivity contribution >= 4 is 5.97 Å². The molecule has 14 nitrogen and oxygen atoms in total. The number of allylic oxidation sites excluding steroid dienone is 21. The van der Waals surface area contributed by atoms with Crippen molar-refractivity contribution in [1.29, 1.82) is 0 Å². The summed E-state index contributed by atoms with van der Waals surface area (Å²) in [5, 5.41) is 72.2. The average molecular weight is 1030 g/mol. The Labute approximate surface area is 437 Å². The topological polar surface area (TPSA) is 214 Å². The number of ether oxygens (including phenoxy) is 6. The predicted octanol–water partition coefficient (Wildman–Crippen LogP) is 8.74. The van der Waals surface area contributed by atoms with Crippen LogP contribution in [0.1, 0.15) is 129 Å². The van der Waals surface area contributed by atoms with Gasteiger partial charge in [0.25, 0.3) is 0 Å². The van der Waals surface area contributed by atoms with E-state index < -0.39 is 86.7 Å². The number of esters is 1. The molecular weight excluding hydrogens is 933 g/mol. The molecule has 0 radical (unpaired) electrons. The van der Waals surface area contributed by atoms with E-state index in [1.54, 1.807) is 6.08 Å². The molecule has 14 heteroatoms. The third-order valence-corrected chi connectivity index (χ3v) is 11.7. The van der Waals surface area contributed by atoms with Crippen LogP contribution in [0.3, 0.4) is 0 Å². The summed E-state index contributed by atoms with van der Waals surface area (Å²) in [6, 6.07) is 0. The van der Waals surface area contributed by atoms with Crippen molar-refractivity contribution < 1.29 is 69.0 Å². The van der Waals surface area contributed by atoms with Gasteiger partial charge in [-0.05, 0) is 89.9 Å². The van der Waals surface area contributed by atoms with Gasteiger partial charge in [-0.3, -0.25) is 4.79 Å². The SMILES string of the molecule is CC/C=C\C/C=C\C/C=C\C/C=C\C/C=C\C/C=C\CCCCCCCOCC(COC1OC(COC2OC(CO)C(O)C(O)C2O)C(O)C(O)C1O)OC(=O)C/C=C\C/C=C\C/C=C\C/C=C\C/C=C\CC. The summed E-state index contributed by atoms with van der Waals surface area (Å²) >= 11 is 0. The Morgan fingerprint density at radius 1 is 0.452 bits per heavy atom. The summed E-state index contributed by atoms with van der Waals surface area (Å²) in [6.07, 6.45) is 46.8. The Morgan fingerprint density at radius 2 is 0.849 bits per heavy atom. The number of aliphatic hydroxyl groups is 7. The molecule has 7 N–H and O–H groups in total. The van der Waals surface area contributed by atoms with Crippen LogP contribution in [0.25, 0.3) is 0 Å². The number of hydrogen-bond acceptors (Lipinski definition) is 14. The summed E-state index contributed by atoms with van der Waals surface area (Å²) in [5.74, 6) is -0.517. The summed E-state index contributed by atoms with van der Waals surface area (Å²) < 4.78 is 34.1. The average Bonchev–Trinajstić information content (AvgIpc) is 3.39. The lowest BCUT2D eigenvalue weighted by Crippen LogP contribution is -2.61. The summed E-state index contributed by atoms with van der Waals surface area (Å²) in [6.45, 7) is 3.23. The molecule has 2 fully saturated rings. The Hall–Kier alpha value is -3.87. The fourth-order valence-electron chi connectivity index (χ4n) is 7.42. The lowest BCUT2D eigenvalue weighted by molar-refractivity contribution is -0.332. The largest absolute Gasteiger partial charge is 0.457 e. The van der Waals surface area contributed by atoms with Crippen molar-refractivity contribution in [3.63, 3.8) is 0 Å². The smallest absolute Gasteiger partial charge is 0.310 e. The van der Waals surface area contributed by atoms with Gasteiger partial charge in [-0.1, -0.05) is 167 Å². The molecule has 11 unspecified atom stereocenters. The second-order valence-corrected chi connectivity index (χ2v) is 17.9. The molecular formula is C59H92O14. The van der Waals surface area contributed by atoms with Gasteiger partial charge in [-0.15, -0.1) is 0 Å². The zero-order chi connectivity index (χ0) is 53.0. The van der Waals surface area contributed by atoms with Gasteiger partial charge in [-0.2, -0.15) is 0 Å². The highest BCUT2D eigenvalue weighted by Crippen LogP contribution is 2.26. The first-order valence-corrected chi connectivity index (χ1v) is 26.8. The third kappa shape index (κ3) is 31.6. The third-order valence-electron chi connectivity index (χ3n) is 11.7. The van der Waals surface area contributed by atoms with Crippen LogP contribution in [-0.2, 0) is 33.2 Å². The highest BCUT2D eigenvalue weighted by Gasteiger charge is 2.47. The minimum absolute atomic E-state index is 0.00225. The maximum atomic E-state index is 13.0. The van der Waals surface area contributed by atoms with Crippen molar-refractivity contribution in [3.8, 4) is 0 Å². The van der Waals surface area contributed by atoms with E-state index in [9.17, 15) is 40.5 Å². The fourth-order valence-corrected chi connectivity index (χ4v) is 7.42. The van der Waals surface area contributed by atoms with Gasteiger partial charge in [0, 0.05) is 6.61 Å². The Bertz CT molecular complexity index is 1710. The normalized spacial score (nSPS) is 26.0. The van der Waals surface area contributed by atoms with Gasteiger partial charge >= 0.3 is 5.97 Å². The molecule has 0 aromatic rings. The number of hydrogen-bond donors (Lipinski definition) is 7. The number of aliphatic hydroxyl groups excluding tert-OH is 7. The van der Waals surface area contributed by atoms with Crippen LogP contribution in [-0.4, -0.2) is 142 Å². The molecule has 11 atom stereocenters. The summed E-state index contributed by atoms with van der Waals surface area (Å²) in [7, 11) is 0. The minimum atomic E-state index is -1.74. The molecule has 0 bridgehead atoms. The molecule has 0 aliphatic carbocycles. The minimum Gasteiger partial charge on any atom is -0.457 e. The van der Waals surface area contributed by atoms with E-state index in [0.717, 1.165) is 103 Å². The van der Waals surface area contributed by atoms with Crippen LogP contribution in [0.2, 0.25) is 0 Å². The van der Waals surface area contributed by atoms with Gasteiger partial charge in [0.15, 0.2) is 12.6 Å². The summed E-state index contributed by atoms with van der Waals surface area (Å²) in [4.78, 5) is 13.0. The molecule has 0 aromatic heterocycles. The van der Waals surface area contributed by atoms with Crippen molar-refractivity contribution in [3.05, 3.63) is 134 Å². The van der Waals surface area contributed by atoms with Gasteiger partial charge in [-0.25, -0.2) is 0 Å². The van der Waals surface area contributed by atoms with Crippen LogP contribution in [0.15, 0.2) is 134 Å². The van der Waals surface area contributed by atoms with Crippen molar-refractivity contribution in [2.45, 2.75) is 197 Å². The highest BCUT2D eigenvalue weighted by molar-refractivity contribution is 5.71. The Morgan fingerprint density at radius 3 is 1.33 bits per heavy atom. The number of unbranched alkanes of at least 4 members (excludes halogenated alkanes) is 5. The zero-order valence-corrected chi connectivity index (χ0v) is 43.8. The van der Waals surface area contributed by atoms with E-state index >= 15 is 0 Å². The van der Waals surface area contributed by atoms with E-state index in [0.29, 0.717) is 13.0 Å². The van der Waals surface area contributed by atoms with Gasteiger partial charge in [0.2, 0.25) is 0 Å². The molecule has 2 aliphatic rings. The van der Waals surface area contributed by atoms with E-state index in [2.05, 4.69) is 129 Å². The van der Waals surface area contributed by atoms with Crippen LogP contribution in [0.4, 0.5) is 0 Å². The van der Waals surface area contributed by atoms with E-state index in [4.69, 9.17) is 28.4 Å². The van der Waals surface area contributed by atoms with E-state index in [1.165, 1.54) is 0 Å². The second kappa shape index (κ2) is 44.4. The Balaban J connectivity index is 1.78. The first-order chi connectivity index (χ1) is 35.6. The lowest BCUT2D eigenvalue weighted by Gasteiger charge is -2.42. The van der Waals surface area contributed by atoms with E-state index in [-0.39, 0.29) is 19.6 Å². The first kappa shape index (κ1) is 65.2. The maximum absolute atomic E-state index is 13.0. The molecule has 2 saturated heterocycles. The molecule has 0 saturated carbocycles. The number of carbonyl (C=O) groups excluding carboxylic acids is 1. The quantitative estimate of drug-likeness (QED) is 0.0174. The molecule has 2 aliphatic heterocycles. The van der Waals surface area contributed by atoms with Crippen molar-refractivity contribution in [2.75, 3.05) is 33.0 Å². The molecule has 2 rings (SSSR count). The van der Waals surface area contributed by atoms with Crippen LogP contribution in [0.5, 0.6) is 0 Å². The monoisotopic (exact) mass is 1020 g/mol.